The molecule has 0 saturated heterocycles. The SMILES string of the molecule is Nc1ccc(Br)c(NC(=O)CSc2ccccc2)c1. The van der Waals surface area contributed by atoms with E-state index in [0.717, 1.165) is 9.37 Å². The molecule has 2 aromatic rings. The summed E-state index contributed by atoms with van der Waals surface area (Å²) < 4.78 is 0.819. The van der Waals surface area contributed by atoms with Gasteiger partial charge in [-0.2, -0.15) is 0 Å². The zero-order valence-corrected chi connectivity index (χ0v) is 12.5. The van der Waals surface area contributed by atoms with E-state index < -0.39 is 0 Å². The van der Waals surface area contributed by atoms with E-state index in [9.17, 15) is 4.79 Å². The molecule has 2 rings (SSSR count). The Balaban J connectivity index is 1.93. The summed E-state index contributed by atoms with van der Waals surface area (Å²) in [5, 5.41) is 2.83. The average Bonchev–Trinajstić information content (AvgIpc) is 2.42. The van der Waals surface area contributed by atoms with Crippen molar-refractivity contribution in [1.82, 2.24) is 0 Å². The van der Waals surface area contributed by atoms with Crippen LogP contribution in [-0.4, -0.2) is 11.7 Å². The summed E-state index contributed by atoms with van der Waals surface area (Å²) in [7, 11) is 0. The van der Waals surface area contributed by atoms with Crippen molar-refractivity contribution in [2.45, 2.75) is 4.90 Å². The Morgan fingerprint density at radius 1 is 1.21 bits per heavy atom. The van der Waals surface area contributed by atoms with Crippen LogP contribution < -0.4 is 11.1 Å². The third-order valence-corrected chi connectivity index (χ3v) is 4.08. The number of nitrogens with two attached hydrogens (primary N) is 1. The molecule has 0 heterocycles. The van der Waals surface area contributed by atoms with Crippen molar-refractivity contribution in [3.63, 3.8) is 0 Å². The molecule has 0 saturated carbocycles. The molecule has 19 heavy (non-hydrogen) atoms. The first-order valence-corrected chi connectivity index (χ1v) is 7.46. The van der Waals surface area contributed by atoms with E-state index in [0.29, 0.717) is 17.1 Å². The standard InChI is InChI=1S/C14H13BrN2OS/c15-12-7-6-10(16)8-13(12)17-14(18)9-19-11-4-2-1-3-5-11/h1-8H,9,16H2,(H,17,18). The summed E-state index contributed by atoms with van der Waals surface area (Å²) in [4.78, 5) is 12.9. The molecule has 1 amide bonds. The van der Waals surface area contributed by atoms with Gasteiger partial charge in [0.25, 0.3) is 0 Å². The molecule has 0 unspecified atom stereocenters. The van der Waals surface area contributed by atoms with E-state index in [1.807, 2.05) is 36.4 Å². The number of carbonyl (C=O) groups is 1. The van der Waals surface area contributed by atoms with Gasteiger partial charge >= 0.3 is 0 Å². The molecule has 0 aromatic heterocycles. The molecule has 3 nitrogen and oxygen atoms in total. The summed E-state index contributed by atoms with van der Waals surface area (Å²) in [5.74, 6) is 0.311. The molecular weight excluding hydrogens is 324 g/mol. The minimum Gasteiger partial charge on any atom is -0.399 e. The molecule has 2 aromatic carbocycles. The Morgan fingerprint density at radius 2 is 1.95 bits per heavy atom. The van der Waals surface area contributed by atoms with Gasteiger partial charge in [0.15, 0.2) is 0 Å². The van der Waals surface area contributed by atoms with Crippen LogP contribution in [0.4, 0.5) is 11.4 Å². The van der Waals surface area contributed by atoms with Gasteiger partial charge in [0.1, 0.15) is 0 Å². The van der Waals surface area contributed by atoms with E-state index in [1.165, 1.54) is 11.8 Å². The number of hydrogen-bond acceptors (Lipinski definition) is 3. The van der Waals surface area contributed by atoms with Gasteiger partial charge in [-0.25, -0.2) is 0 Å². The van der Waals surface area contributed by atoms with Gasteiger partial charge in [-0.15, -0.1) is 11.8 Å². The molecule has 98 valence electrons. The van der Waals surface area contributed by atoms with Crippen LogP contribution in [0.2, 0.25) is 0 Å². The molecule has 3 N–H and O–H groups in total. The highest BCUT2D eigenvalue weighted by Gasteiger charge is 2.06. The smallest absolute Gasteiger partial charge is 0.234 e. The Labute approximate surface area is 124 Å². The second kappa shape index (κ2) is 6.63. The fourth-order valence-corrected chi connectivity index (χ4v) is 2.56. The lowest BCUT2D eigenvalue weighted by atomic mass is 10.3. The lowest BCUT2D eigenvalue weighted by Gasteiger charge is -2.08. The Hall–Kier alpha value is -1.46. The normalized spacial score (nSPS) is 10.2. The number of nitrogen functional groups attached to an aromatic ring is 1. The number of hydrogen-bond donors (Lipinski definition) is 2. The van der Waals surface area contributed by atoms with Gasteiger partial charge < -0.3 is 11.1 Å². The first-order valence-electron chi connectivity index (χ1n) is 5.68. The van der Waals surface area contributed by atoms with Crippen LogP contribution in [0, 0.1) is 0 Å². The van der Waals surface area contributed by atoms with Crippen LogP contribution in [0.15, 0.2) is 57.9 Å². The van der Waals surface area contributed by atoms with Crippen molar-refractivity contribution in [3.8, 4) is 0 Å². The highest BCUT2D eigenvalue weighted by atomic mass is 79.9. The highest BCUT2D eigenvalue weighted by Crippen LogP contribution is 2.25. The molecule has 0 atom stereocenters. The molecular formula is C14H13BrN2OS. The van der Waals surface area contributed by atoms with E-state index in [-0.39, 0.29) is 5.91 Å². The van der Waals surface area contributed by atoms with Crippen LogP contribution in [0.25, 0.3) is 0 Å². The third kappa shape index (κ3) is 4.29. The van der Waals surface area contributed by atoms with Gasteiger partial charge in [-0.05, 0) is 46.3 Å². The molecule has 0 aliphatic rings. The van der Waals surface area contributed by atoms with E-state index >= 15 is 0 Å². The molecule has 5 heteroatoms. The van der Waals surface area contributed by atoms with Crippen molar-refractivity contribution in [3.05, 3.63) is 53.0 Å². The second-order valence-electron chi connectivity index (χ2n) is 3.89. The molecule has 0 fully saturated rings. The molecule has 0 radical (unpaired) electrons. The number of amides is 1. The fraction of sp³-hybridized carbons (Fsp3) is 0.0714. The summed E-state index contributed by atoms with van der Waals surface area (Å²) in [6, 6.07) is 15.1. The summed E-state index contributed by atoms with van der Waals surface area (Å²) in [6.07, 6.45) is 0. The minimum atomic E-state index is -0.0554. The lowest BCUT2D eigenvalue weighted by Crippen LogP contribution is -2.14. The van der Waals surface area contributed by atoms with Crippen molar-refractivity contribution >= 4 is 45.0 Å². The van der Waals surface area contributed by atoms with Gasteiger partial charge in [-0.1, -0.05) is 18.2 Å². The molecule has 0 aliphatic carbocycles. The summed E-state index contributed by atoms with van der Waals surface area (Å²) in [5.41, 5.74) is 7.00. The average molecular weight is 337 g/mol. The molecule has 0 aliphatic heterocycles. The minimum absolute atomic E-state index is 0.0554. The predicted molar refractivity (Wildman–Crippen MR) is 84.4 cm³/mol. The van der Waals surface area contributed by atoms with E-state index in [4.69, 9.17) is 5.73 Å². The van der Waals surface area contributed by atoms with Gasteiger partial charge in [0.2, 0.25) is 5.91 Å². The number of rotatable bonds is 4. The zero-order valence-electron chi connectivity index (χ0n) is 10.1. The molecule has 0 spiro atoms. The lowest BCUT2D eigenvalue weighted by molar-refractivity contribution is -0.113. The quantitative estimate of drug-likeness (QED) is 0.660. The largest absolute Gasteiger partial charge is 0.399 e. The first-order chi connectivity index (χ1) is 9.15. The number of nitrogens with one attached hydrogen (secondary N) is 1. The number of halogens is 1. The van der Waals surface area contributed by atoms with Crippen molar-refractivity contribution < 1.29 is 4.79 Å². The summed E-state index contributed by atoms with van der Waals surface area (Å²) in [6.45, 7) is 0. The maximum Gasteiger partial charge on any atom is 0.234 e. The van der Waals surface area contributed by atoms with Gasteiger partial charge in [-0.3, -0.25) is 4.79 Å². The molecule has 0 bridgehead atoms. The van der Waals surface area contributed by atoms with Crippen molar-refractivity contribution in [1.29, 1.82) is 0 Å². The number of anilines is 2. The number of carbonyl (C=O) groups excluding carboxylic acids is 1. The second-order valence-corrected chi connectivity index (χ2v) is 5.79. The number of thioether (sulfide) groups is 1. The van der Waals surface area contributed by atoms with Crippen LogP contribution in [-0.2, 0) is 4.79 Å². The van der Waals surface area contributed by atoms with Gasteiger partial charge in [0.05, 0.1) is 11.4 Å². The van der Waals surface area contributed by atoms with Gasteiger partial charge in [0, 0.05) is 15.1 Å². The van der Waals surface area contributed by atoms with Crippen molar-refractivity contribution in [2.75, 3.05) is 16.8 Å². The van der Waals surface area contributed by atoms with E-state index in [1.54, 1.807) is 12.1 Å². The zero-order chi connectivity index (χ0) is 13.7. The first kappa shape index (κ1) is 14.0. The Morgan fingerprint density at radius 3 is 2.68 bits per heavy atom. The van der Waals surface area contributed by atoms with Crippen LogP contribution >= 0.6 is 27.7 Å². The maximum atomic E-state index is 11.9. The highest BCUT2D eigenvalue weighted by molar-refractivity contribution is 9.10. The van der Waals surface area contributed by atoms with E-state index in [2.05, 4.69) is 21.2 Å². The fourth-order valence-electron chi connectivity index (χ4n) is 1.49. The maximum absolute atomic E-state index is 11.9. The Kier molecular flexibility index (Phi) is 4.87. The predicted octanol–water partition coefficient (Wildman–Crippen LogP) is 3.76. The van der Waals surface area contributed by atoms with Crippen LogP contribution in [0.5, 0.6) is 0 Å². The number of benzene rings is 2. The van der Waals surface area contributed by atoms with Crippen molar-refractivity contribution in [2.24, 2.45) is 0 Å². The third-order valence-electron chi connectivity index (χ3n) is 2.38. The van der Waals surface area contributed by atoms with Crippen LogP contribution in [0.1, 0.15) is 0 Å². The Bertz CT molecular complexity index is 575. The monoisotopic (exact) mass is 336 g/mol. The topological polar surface area (TPSA) is 55.1 Å². The van der Waals surface area contributed by atoms with Crippen LogP contribution in [0.3, 0.4) is 0 Å². The summed E-state index contributed by atoms with van der Waals surface area (Å²) >= 11 is 4.88.